The van der Waals surface area contributed by atoms with Gasteiger partial charge in [-0.05, 0) is 37.2 Å². The third-order valence-corrected chi connectivity index (χ3v) is 5.75. The zero-order valence-corrected chi connectivity index (χ0v) is 12.8. The topological polar surface area (TPSA) is 40.6 Å². The molecule has 1 aromatic rings. The number of alkyl halides is 1. The molecule has 0 bridgehead atoms. The molecule has 1 heterocycles. The van der Waals surface area contributed by atoms with Gasteiger partial charge in [0, 0.05) is 32.1 Å². The fourth-order valence-corrected chi connectivity index (χ4v) is 3.89. The molecular weight excluding hydrogens is 284 g/mol. The molecule has 0 radical (unpaired) electrons. The van der Waals surface area contributed by atoms with E-state index in [9.17, 15) is 8.42 Å². The van der Waals surface area contributed by atoms with Crippen LogP contribution in [-0.2, 0) is 15.9 Å². The van der Waals surface area contributed by atoms with E-state index >= 15 is 0 Å². The number of hydrogen-bond donors (Lipinski definition) is 0. The van der Waals surface area contributed by atoms with Gasteiger partial charge < -0.3 is 4.90 Å². The van der Waals surface area contributed by atoms with E-state index < -0.39 is 10.0 Å². The van der Waals surface area contributed by atoms with Crippen molar-refractivity contribution < 1.29 is 8.42 Å². The molecule has 106 valence electrons. The summed E-state index contributed by atoms with van der Waals surface area (Å²) in [6.45, 7) is 4.57. The van der Waals surface area contributed by atoms with Gasteiger partial charge in [-0.1, -0.05) is 6.07 Å². The molecule has 6 heteroatoms. The van der Waals surface area contributed by atoms with E-state index in [0.29, 0.717) is 23.9 Å². The Morgan fingerprint density at radius 1 is 1.21 bits per heavy atom. The zero-order chi connectivity index (χ0) is 14.0. The molecule has 0 unspecified atom stereocenters. The van der Waals surface area contributed by atoms with Gasteiger partial charge in [0.15, 0.2) is 0 Å². The summed E-state index contributed by atoms with van der Waals surface area (Å²) in [6, 6.07) is 5.18. The number of rotatable bonds is 3. The monoisotopic (exact) mass is 302 g/mol. The molecule has 4 nitrogen and oxygen atoms in total. The van der Waals surface area contributed by atoms with E-state index in [4.69, 9.17) is 11.6 Å². The van der Waals surface area contributed by atoms with Crippen LogP contribution in [0.15, 0.2) is 23.1 Å². The van der Waals surface area contributed by atoms with Crippen molar-refractivity contribution in [2.75, 3.05) is 33.2 Å². The molecule has 19 heavy (non-hydrogen) atoms. The second kappa shape index (κ2) is 5.79. The average molecular weight is 303 g/mol. The van der Waals surface area contributed by atoms with Crippen LogP contribution < -0.4 is 0 Å². The summed E-state index contributed by atoms with van der Waals surface area (Å²) >= 11 is 5.84. The predicted molar refractivity (Wildman–Crippen MR) is 77.0 cm³/mol. The number of hydrogen-bond acceptors (Lipinski definition) is 3. The van der Waals surface area contributed by atoms with Crippen LogP contribution in [-0.4, -0.2) is 50.8 Å². The summed E-state index contributed by atoms with van der Waals surface area (Å²) in [5, 5.41) is 0. The van der Waals surface area contributed by atoms with Gasteiger partial charge in [-0.15, -0.1) is 11.6 Å². The lowest BCUT2D eigenvalue weighted by Crippen LogP contribution is -2.47. The molecule has 1 aromatic carbocycles. The van der Waals surface area contributed by atoms with E-state index in [1.165, 1.54) is 0 Å². The van der Waals surface area contributed by atoms with Gasteiger partial charge in [0.1, 0.15) is 0 Å². The first-order valence-electron chi connectivity index (χ1n) is 6.29. The molecule has 1 aliphatic heterocycles. The molecule has 0 N–H and O–H groups in total. The Labute approximate surface area is 120 Å². The molecule has 0 aromatic heterocycles. The summed E-state index contributed by atoms with van der Waals surface area (Å²) < 4.78 is 26.6. The fraction of sp³-hybridized carbons (Fsp3) is 0.538. The third kappa shape index (κ3) is 3.11. The normalized spacial score (nSPS) is 18.7. The SMILES string of the molecule is Cc1ccc(S(=O)(=O)N2CCN(C)CC2)cc1CCl. The Bertz CT molecular complexity index is 552. The smallest absolute Gasteiger partial charge is 0.243 e. The quantitative estimate of drug-likeness (QED) is 0.798. The summed E-state index contributed by atoms with van der Waals surface area (Å²) in [5.41, 5.74) is 1.89. The highest BCUT2D eigenvalue weighted by Gasteiger charge is 2.27. The Hall–Kier alpha value is -0.620. The average Bonchev–Trinajstić information content (AvgIpc) is 2.39. The second-order valence-corrected chi connectivity index (χ2v) is 7.13. The summed E-state index contributed by atoms with van der Waals surface area (Å²) in [5.74, 6) is 0.331. The second-order valence-electron chi connectivity index (χ2n) is 4.93. The van der Waals surface area contributed by atoms with Crippen molar-refractivity contribution in [2.24, 2.45) is 0 Å². The number of halogens is 1. The maximum absolute atomic E-state index is 12.5. The largest absolute Gasteiger partial charge is 0.304 e. The number of likely N-dealkylation sites (N-methyl/N-ethyl adjacent to an activating group) is 1. The highest BCUT2D eigenvalue weighted by Crippen LogP contribution is 2.21. The first kappa shape index (κ1) is 14.8. The van der Waals surface area contributed by atoms with Crippen LogP contribution in [0.4, 0.5) is 0 Å². The summed E-state index contributed by atoms with van der Waals surface area (Å²) in [6.07, 6.45) is 0. The van der Waals surface area contributed by atoms with Crippen molar-refractivity contribution in [3.63, 3.8) is 0 Å². The molecule has 0 aliphatic carbocycles. The molecule has 1 fully saturated rings. The number of benzene rings is 1. The van der Waals surface area contributed by atoms with Gasteiger partial charge in [0.05, 0.1) is 4.90 Å². The van der Waals surface area contributed by atoms with Gasteiger partial charge in [0.2, 0.25) is 10.0 Å². The zero-order valence-electron chi connectivity index (χ0n) is 11.3. The van der Waals surface area contributed by atoms with Gasteiger partial charge >= 0.3 is 0 Å². The lowest BCUT2D eigenvalue weighted by atomic mass is 10.1. The summed E-state index contributed by atoms with van der Waals surface area (Å²) in [4.78, 5) is 2.48. The number of aryl methyl sites for hydroxylation is 1. The number of nitrogens with zero attached hydrogens (tertiary/aromatic N) is 2. The highest BCUT2D eigenvalue weighted by atomic mass is 35.5. The van der Waals surface area contributed by atoms with E-state index in [-0.39, 0.29) is 0 Å². The Morgan fingerprint density at radius 2 is 1.84 bits per heavy atom. The van der Waals surface area contributed by atoms with Crippen molar-refractivity contribution in [3.8, 4) is 0 Å². The Balaban J connectivity index is 2.29. The lowest BCUT2D eigenvalue weighted by molar-refractivity contribution is 0.222. The first-order chi connectivity index (χ1) is 8.95. The van der Waals surface area contributed by atoms with Gasteiger partial charge in [0.25, 0.3) is 0 Å². The standard InChI is InChI=1S/C13H19ClN2O2S/c1-11-3-4-13(9-12(11)10-14)19(17,18)16-7-5-15(2)6-8-16/h3-4,9H,5-8,10H2,1-2H3. The van der Waals surface area contributed by atoms with E-state index in [1.54, 1.807) is 16.4 Å². The first-order valence-corrected chi connectivity index (χ1v) is 8.27. The maximum Gasteiger partial charge on any atom is 0.243 e. The van der Waals surface area contributed by atoms with Crippen molar-refractivity contribution in [3.05, 3.63) is 29.3 Å². The minimum atomic E-state index is -3.39. The maximum atomic E-state index is 12.5. The van der Waals surface area contributed by atoms with Crippen molar-refractivity contribution in [1.82, 2.24) is 9.21 Å². The van der Waals surface area contributed by atoms with Crippen LogP contribution in [0.2, 0.25) is 0 Å². The number of piperazine rings is 1. The van der Waals surface area contributed by atoms with Crippen LogP contribution in [0.5, 0.6) is 0 Å². The molecule has 1 aliphatic rings. The van der Waals surface area contributed by atoms with Crippen LogP contribution in [0.3, 0.4) is 0 Å². The van der Waals surface area contributed by atoms with Crippen molar-refractivity contribution in [2.45, 2.75) is 17.7 Å². The van der Waals surface area contributed by atoms with Crippen molar-refractivity contribution in [1.29, 1.82) is 0 Å². The molecule has 0 spiro atoms. The van der Waals surface area contributed by atoms with E-state index in [0.717, 1.165) is 24.2 Å². The molecule has 1 saturated heterocycles. The van der Waals surface area contributed by atoms with Gasteiger partial charge in [-0.3, -0.25) is 0 Å². The molecule has 0 amide bonds. The molecule has 0 saturated carbocycles. The minimum absolute atomic E-state index is 0.331. The van der Waals surface area contributed by atoms with E-state index in [2.05, 4.69) is 4.90 Å². The van der Waals surface area contributed by atoms with Gasteiger partial charge in [-0.2, -0.15) is 4.31 Å². The van der Waals surface area contributed by atoms with Crippen LogP contribution >= 0.6 is 11.6 Å². The molecular formula is C13H19ClN2O2S. The summed E-state index contributed by atoms with van der Waals surface area (Å²) in [7, 11) is -1.39. The van der Waals surface area contributed by atoms with Gasteiger partial charge in [-0.25, -0.2) is 8.42 Å². The Kier molecular flexibility index (Phi) is 4.50. The van der Waals surface area contributed by atoms with Crippen LogP contribution in [0.25, 0.3) is 0 Å². The highest BCUT2D eigenvalue weighted by molar-refractivity contribution is 7.89. The predicted octanol–water partition coefficient (Wildman–Crippen LogP) is 1.67. The Morgan fingerprint density at radius 3 is 2.42 bits per heavy atom. The number of sulfonamides is 1. The fourth-order valence-electron chi connectivity index (χ4n) is 2.13. The minimum Gasteiger partial charge on any atom is -0.304 e. The van der Waals surface area contributed by atoms with E-state index in [1.807, 2.05) is 20.0 Å². The van der Waals surface area contributed by atoms with Crippen molar-refractivity contribution >= 4 is 21.6 Å². The van der Waals surface area contributed by atoms with Crippen LogP contribution in [0.1, 0.15) is 11.1 Å². The molecule has 2 rings (SSSR count). The lowest BCUT2D eigenvalue weighted by Gasteiger charge is -2.31. The van der Waals surface area contributed by atoms with Crippen LogP contribution in [0, 0.1) is 6.92 Å². The third-order valence-electron chi connectivity index (χ3n) is 3.56. The molecule has 0 atom stereocenters.